The highest BCUT2D eigenvalue weighted by atomic mass is 32.1. The topological polar surface area (TPSA) is 66.0 Å². The SMILES string of the molecule is Cc1cc(N(C)C(C)c2cccs2)c(C(=N)N)c(C)n1. The Morgan fingerprint density at radius 1 is 1.45 bits per heavy atom. The van der Waals surface area contributed by atoms with Crippen LogP contribution in [0.2, 0.25) is 0 Å². The van der Waals surface area contributed by atoms with Gasteiger partial charge in [-0.05, 0) is 38.3 Å². The second-order valence-electron chi connectivity index (χ2n) is 4.96. The molecule has 0 radical (unpaired) electrons. The molecular formula is C15H20N4S. The minimum atomic E-state index is 0.0650. The molecule has 2 heterocycles. The van der Waals surface area contributed by atoms with E-state index >= 15 is 0 Å². The lowest BCUT2D eigenvalue weighted by atomic mass is 10.1. The monoisotopic (exact) mass is 288 g/mol. The van der Waals surface area contributed by atoms with Crippen LogP contribution >= 0.6 is 11.3 Å². The molecule has 3 N–H and O–H groups in total. The third-order valence-corrected chi connectivity index (χ3v) is 4.54. The molecule has 0 aliphatic carbocycles. The zero-order valence-corrected chi connectivity index (χ0v) is 13.1. The summed E-state index contributed by atoms with van der Waals surface area (Å²) in [5.41, 5.74) is 9.17. The molecule has 1 atom stereocenters. The molecule has 0 amide bonds. The van der Waals surface area contributed by atoms with Gasteiger partial charge in [-0.1, -0.05) is 6.07 Å². The number of rotatable bonds is 4. The predicted octanol–water partition coefficient (Wildman–Crippen LogP) is 3.24. The van der Waals surface area contributed by atoms with Crippen molar-refractivity contribution < 1.29 is 0 Å². The lowest BCUT2D eigenvalue weighted by Gasteiger charge is -2.29. The molecule has 5 heteroatoms. The zero-order valence-electron chi connectivity index (χ0n) is 12.3. The molecule has 106 valence electrons. The van der Waals surface area contributed by atoms with Gasteiger partial charge >= 0.3 is 0 Å². The smallest absolute Gasteiger partial charge is 0.126 e. The summed E-state index contributed by atoms with van der Waals surface area (Å²) in [5, 5.41) is 9.89. The fourth-order valence-electron chi connectivity index (χ4n) is 2.35. The summed E-state index contributed by atoms with van der Waals surface area (Å²) in [5.74, 6) is 0.0650. The van der Waals surface area contributed by atoms with Crippen molar-refractivity contribution in [1.82, 2.24) is 4.98 Å². The number of anilines is 1. The van der Waals surface area contributed by atoms with Gasteiger partial charge in [0.2, 0.25) is 0 Å². The second-order valence-corrected chi connectivity index (χ2v) is 5.94. The summed E-state index contributed by atoms with van der Waals surface area (Å²) < 4.78 is 0. The van der Waals surface area contributed by atoms with Crippen molar-refractivity contribution in [2.75, 3.05) is 11.9 Å². The number of thiophene rings is 1. The maximum Gasteiger partial charge on any atom is 0.126 e. The van der Waals surface area contributed by atoms with Crippen molar-refractivity contribution in [2.45, 2.75) is 26.8 Å². The van der Waals surface area contributed by atoms with Crippen molar-refractivity contribution in [3.63, 3.8) is 0 Å². The van der Waals surface area contributed by atoms with E-state index in [0.717, 1.165) is 22.6 Å². The van der Waals surface area contributed by atoms with E-state index < -0.39 is 0 Å². The lowest BCUT2D eigenvalue weighted by molar-refractivity contribution is 0.751. The molecule has 0 bridgehead atoms. The fourth-order valence-corrected chi connectivity index (χ4v) is 3.17. The Kier molecular flexibility index (Phi) is 4.09. The Balaban J connectivity index is 2.48. The number of pyridine rings is 1. The molecule has 0 spiro atoms. The van der Waals surface area contributed by atoms with E-state index in [1.54, 1.807) is 11.3 Å². The van der Waals surface area contributed by atoms with Crippen LogP contribution in [-0.4, -0.2) is 17.9 Å². The van der Waals surface area contributed by atoms with Gasteiger partial charge in [-0.25, -0.2) is 0 Å². The molecular weight excluding hydrogens is 268 g/mol. The highest BCUT2D eigenvalue weighted by Crippen LogP contribution is 2.31. The first kappa shape index (κ1) is 14.5. The van der Waals surface area contributed by atoms with E-state index in [2.05, 4.69) is 34.3 Å². The molecule has 1 unspecified atom stereocenters. The number of nitrogens with two attached hydrogens (primary N) is 1. The standard InChI is InChI=1S/C15H20N4S/c1-9-8-12(14(15(16)17)10(2)18-9)19(4)11(3)13-6-5-7-20-13/h5-8,11H,1-4H3,(H3,16,17). The van der Waals surface area contributed by atoms with E-state index in [9.17, 15) is 0 Å². The Morgan fingerprint density at radius 2 is 2.15 bits per heavy atom. The van der Waals surface area contributed by atoms with Gasteiger partial charge in [0.1, 0.15) is 5.84 Å². The summed E-state index contributed by atoms with van der Waals surface area (Å²) in [4.78, 5) is 7.86. The number of nitrogens with one attached hydrogen (secondary N) is 1. The second kappa shape index (κ2) is 5.63. The number of amidine groups is 1. The third kappa shape index (κ3) is 2.67. The van der Waals surface area contributed by atoms with E-state index in [-0.39, 0.29) is 11.9 Å². The summed E-state index contributed by atoms with van der Waals surface area (Å²) in [6.45, 7) is 6.02. The van der Waals surface area contributed by atoms with Gasteiger partial charge in [0.15, 0.2) is 0 Å². The maximum atomic E-state index is 7.81. The third-order valence-electron chi connectivity index (χ3n) is 3.49. The fraction of sp³-hybridized carbons (Fsp3) is 0.333. The largest absolute Gasteiger partial charge is 0.384 e. The minimum absolute atomic E-state index is 0.0650. The van der Waals surface area contributed by atoms with Crippen LogP contribution in [0.15, 0.2) is 23.6 Å². The van der Waals surface area contributed by atoms with E-state index in [0.29, 0.717) is 0 Å². The molecule has 4 nitrogen and oxygen atoms in total. The summed E-state index contributed by atoms with van der Waals surface area (Å²) in [6.07, 6.45) is 0. The molecule has 0 aromatic carbocycles. The number of hydrogen-bond donors (Lipinski definition) is 2. The van der Waals surface area contributed by atoms with Gasteiger partial charge in [0.25, 0.3) is 0 Å². The first-order valence-electron chi connectivity index (χ1n) is 6.50. The first-order chi connectivity index (χ1) is 9.41. The molecule has 0 aliphatic heterocycles. The molecule has 0 saturated carbocycles. The van der Waals surface area contributed by atoms with Crippen LogP contribution in [0.5, 0.6) is 0 Å². The molecule has 0 aliphatic rings. The normalized spacial score (nSPS) is 12.2. The minimum Gasteiger partial charge on any atom is -0.384 e. The van der Waals surface area contributed by atoms with Crippen LogP contribution in [0.3, 0.4) is 0 Å². The molecule has 2 aromatic rings. The Morgan fingerprint density at radius 3 is 2.70 bits per heavy atom. The predicted molar refractivity (Wildman–Crippen MR) is 85.9 cm³/mol. The summed E-state index contributed by atoms with van der Waals surface area (Å²) >= 11 is 1.73. The Labute approximate surface area is 123 Å². The lowest BCUT2D eigenvalue weighted by Crippen LogP contribution is -2.26. The van der Waals surface area contributed by atoms with Crippen molar-refractivity contribution in [2.24, 2.45) is 5.73 Å². The van der Waals surface area contributed by atoms with Gasteiger partial charge in [-0.15, -0.1) is 11.3 Å². The first-order valence-corrected chi connectivity index (χ1v) is 7.38. The van der Waals surface area contributed by atoms with Crippen molar-refractivity contribution in [3.8, 4) is 0 Å². The Hall–Kier alpha value is -1.88. The van der Waals surface area contributed by atoms with Crippen LogP contribution in [0.25, 0.3) is 0 Å². The van der Waals surface area contributed by atoms with Crippen LogP contribution < -0.4 is 10.6 Å². The van der Waals surface area contributed by atoms with Gasteiger partial charge in [-0.2, -0.15) is 0 Å². The van der Waals surface area contributed by atoms with E-state index in [1.807, 2.05) is 27.0 Å². The molecule has 20 heavy (non-hydrogen) atoms. The molecule has 2 rings (SSSR count). The van der Waals surface area contributed by atoms with Crippen molar-refractivity contribution in [1.29, 1.82) is 5.41 Å². The van der Waals surface area contributed by atoms with Crippen LogP contribution in [0.4, 0.5) is 5.69 Å². The average molecular weight is 288 g/mol. The van der Waals surface area contributed by atoms with E-state index in [4.69, 9.17) is 11.1 Å². The van der Waals surface area contributed by atoms with Gasteiger partial charge in [0.05, 0.1) is 23.0 Å². The van der Waals surface area contributed by atoms with E-state index in [1.165, 1.54) is 4.88 Å². The summed E-state index contributed by atoms with van der Waals surface area (Å²) in [6, 6.07) is 6.40. The van der Waals surface area contributed by atoms with Crippen molar-refractivity contribution in [3.05, 3.63) is 45.4 Å². The maximum absolute atomic E-state index is 7.81. The van der Waals surface area contributed by atoms with Crippen LogP contribution in [0, 0.1) is 19.3 Å². The number of nitrogen functional groups attached to an aromatic ring is 1. The highest BCUT2D eigenvalue weighted by Gasteiger charge is 2.19. The molecule has 0 fully saturated rings. The van der Waals surface area contributed by atoms with Crippen molar-refractivity contribution >= 4 is 22.9 Å². The van der Waals surface area contributed by atoms with Gasteiger partial charge in [0, 0.05) is 17.6 Å². The van der Waals surface area contributed by atoms with Gasteiger partial charge < -0.3 is 10.6 Å². The zero-order chi connectivity index (χ0) is 14.9. The molecule has 0 saturated heterocycles. The number of nitrogens with zero attached hydrogens (tertiary/aromatic N) is 2. The number of hydrogen-bond acceptors (Lipinski definition) is 4. The quantitative estimate of drug-likeness (QED) is 0.670. The Bertz CT molecular complexity index is 619. The number of aromatic nitrogens is 1. The number of aryl methyl sites for hydroxylation is 2. The average Bonchev–Trinajstić information content (AvgIpc) is 2.89. The molecule has 2 aromatic heterocycles. The van der Waals surface area contributed by atoms with Crippen LogP contribution in [-0.2, 0) is 0 Å². The summed E-state index contributed by atoms with van der Waals surface area (Å²) in [7, 11) is 2.03. The van der Waals surface area contributed by atoms with Crippen LogP contribution in [0.1, 0.15) is 34.8 Å². The highest BCUT2D eigenvalue weighted by molar-refractivity contribution is 7.10. The van der Waals surface area contributed by atoms with Gasteiger partial charge in [-0.3, -0.25) is 10.4 Å².